The summed E-state index contributed by atoms with van der Waals surface area (Å²) < 4.78 is 48.5. The number of nitrogens with two attached hydrogens (primary N) is 2. The number of carbonyl (C=O) groups is 1. The van der Waals surface area contributed by atoms with Gasteiger partial charge in [0.2, 0.25) is 0 Å². The molecule has 0 bridgehead atoms. The predicted octanol–water partition coefficient (Wildman–Crippen LogP) is 0.938. The minimum atomic E-state index is -3.07. The lowest BCUT2D eigenvalue weighted by molar-refractivity contribution is -0.0145. The summed E-state index contributed by atoms with van der Waals surface area (Å²) in [5.74, 6) is -1.68. The number of amides is 1. The minimum absolute atomic E-state index is 0.0650. The maximum atomic E-state index is 14.4. The van der Waals surface area contributed by atoms with Crippen molar-refractivity contribution in [3.63, 3.8) is 0 Å². The van der Waals surface area contributed by atoms with Crippen LogP contribution < -0.4 is 16.8 Å². The van der Waals surface area contributed by atoms with Crippen molar-refractivity contribution in [2.45, 2.75) is 18.9 Å². The predicted molar refractivity (Wildman–Crippen MR) is 100 cm³/mol. The zero-order valence-corrected chi connectivity index (χ0v) is 16.1. The van der Waals surface area contributed by atoms with E-state index in [-0.39, 0.29) is 23.8 Å². The Labute approximate surface area is 164 Å². The molecule has 0 saturated heterocycles. The van der Waals surface area contributed by atoms with Gasteiger partial charge in [0.1, 0.15) is 18.3 Å². The number of rotatable bonds is 4. The van der Waals surface area contributed by atoms with Gasteiger partial charge in [0.25, 0.3) is 12.3 Å². The molecule has 12 heteroatoms. The molecule has 0 radical (unpaired) electrons. The maximum Gasteiger partial charge on any atom is 0.278 e. The van der Waals surface area contributed by atoms with Gasteiger partial charge in [-0.05, 0) is 32.2 Å². The minimum Gasteiger partial charge on any atom is -0.385 e. The third-order valence-electron chi connectivity index (χ3n) is 4.29. The summed E-state index contributed by atoms with van der Waals surface area (Å²) in [6, 6.07) is 3.31. The summed E-state index contributed by atoms with van der Waals surface area (Å²) >= 11 is 0. The second-order valence-electron chi connectivity index (χ2n) is 6.12. The van der Waals surface area contributed by atoms with Crippen molar-refractivity contribution in [1.82, 2.24) is 15.0 Å². The number of benzene rings is 1. The summed E-state index contributed by atoms with van der Waals surface area (Å²) in [5, 5.41) is 9.97. The number of nitrogens with zero attached hydrogens (tertiary/aromatic N) is 4. The fraction of sp³-hybridized carbons (Fsp3) is 0.412. The molecule has 0 saturated carbocycles. The molecule has 0 aliphatic carbocycles. The summed E-state index contributed by atoms with van der Waals surface area (Å²) in [6.45, 7) is 0.995. The monoisotopic (exact) mass is 413 g/mol. The van der Waals surface area contributed by atoms with E-state index in [0.29, 0.717) is 5.69 Å². The van der Waals surface area contributed by atoms with Crippen LogP contribution >= 0.6 is 0 Å². The topological polar surface area (TPSA) is 133 Å². The Morgan fingerprint density at radius 3 is 2.62 bits per heavy atom. The second kappa shape index (κ2) is 9.01. The quantitative estimate of drug-likeness (QED) is 0.683. The first-order valence-electron chi connectivity index (χ1n) is 8.50. The lowest BCUT2D eigenvalue weighted by atomic mass is 9.90. The molecule has 2 heterocycles. The van der Waals surface area contributed by atoms with Crippen molar-refractivity contribution in [2.24, 2.45) is 23.5 Å². The molecule has 1 aliphatic rings. The van der Waals surface area contributed by atoms with Gasteiger partial charge in [-0.3, -0.25) is 14.5 Å². The number of nitrogens with one attached hydrogen (secondary N) is 1. The fourth-order valence-corrected chi connectivity index (χ4v) is 2.74. The van der Waals surface area contributed by atoms with Gasteiger partial charge in [-0.1, -0.05) is 5.21 Å². The van der Waals surface area contributed by atoms with Gasteiger partial charge in [0.15, 0.2) is 11.2 Å². The van der Waals surface area contributed by atoms with Gasteiger partial charge in [-0.15, -0.1) is 5.10 Å². The van der Waals surface area contributed by atoms with Crippen LogP contribution in [0.4, 0.5) is 18.9 Å². The maximum absolute atomic E-state index is 14.4. The molecule has 1 atom stereocenters. The molecule has 29 heavy (non-hydrogen) atoms. The van der Waals surface area contributed by atoms with Gasteiger partial charge in [0.05, 0.1) is 12.3 Å². The molecule has 1 amide bonds. The Morgan fingerprint density at radius 2 is 2.07 bits per heavy atom. The van der Waals surface area contributed by atoms with E-state index in [2.05, 4.69) is 26.4 Å². The summed E-state index contributed by atoms with van der Waals surface area (Å²) in [6.07, 6.45) is -3.07. The van der Waals surface area contributed by atoms with Gasteiger partial charge >= 0.3 is 0 Å². The molecule has 3 rings (SSSR count). The normalized spacial score (nSPS) is 18.7. The van der Waals surface area contributed by atoms with Crippen molar-refractivity contribution in [2.75, 3.05) is 25.6 Å². The molecule has 1 aliphatic heterocycles. The van der Waals surface area contributed by atoms with Crippen LogP contribution in [0.25, 0.3) is 0 Å². The number of hydrogen-bond acceptors (Lipinski definition) is 7. The number of amidine groups is 1. The molecular weight excluding hydrogens is 391 g/mol. The van der Waals surface area contributed by atoms with Crippen LogP contribution in [-0.2, 0) is 17.3 Å². The molecule has 0 fully saturated rings. The first-order chi connectivity index (χ1) is 13.7. The zero-order chi connectivity index (χ0) is 21.8. The second-order valence-corrected chi connectivity index (χ2v) is 6.12. The first-order valence-corrected chi connectivity index (χ1v) is 8.50. The number of anilines is 1. The number of hydrogen-bond donors (Lipinski definition) is 3. The summed E-state index contributed by atoms with van der Waals surface area (Å²) in [5.41, 5.74) is 8.00. The lowest BCUT2D eigenvalue weighted by Crippen LogP contribution is -2.45. The highest BCUT2D eigenvalue weighted by Crippen LogP contribution is 2.38. The van der Waals surface area contributed by atoms with Gasteiger partial charge < -0.3 is 21.5 Å². The molecule has 1 aromatic carbocycles. The van der Waals surface area contributed by atoms with Crippen LogP contribution in [0.1, 0.15) is 21.7 Å². The molecule has 0 unspecified atom stereocenters. The molecule has 158 valence electrons. The van der Waals surface area contributed by atoms with Crippen LogP contribution in [0.2, 0.25) is 0 Å². The average molecular weight is 413 g/mol. The van der Waals surface area contributed by atoms with Crippen molar-refractivity contribution in [3.8, 4) is 0 Å². The number of alkyl halides is 2. The highest BCUT2D eigenvalue weighted by atomic mass is 19.3. The van der Waals surface area contributed by atoms with E-state index in [9.17, 15) is 18.0 Å². The molecular formula is C17H22F3N7O2. The number of aryl methyl sites for hydroxylation is 1. The van der Waals surface area contributed by atoms with E-state index in [4.69, 9.17) is 10.5 Å². The van der Waals surface area contributed by atoms with Crippen molar-refractivity contribution < 1.29 is 22.7 Å². The molecule has 0 spiro atoms. The Hall–Kier alpha value is -2.99. The van der Waals surface area contributed by atoms with Crippen LogP contribution in [0.5, 0.6) is 0 Å². The van der Waals surface area contributed by atoms with E-state index in [1.54, 1.807) is 14.0 Å². The molecule has 5 N–H and O–H groups in total. The van der Waals surface area contributed by atoms with E-state index >= 15 is 0 Å². The Bertz CT molecular complexity index is 916. The Morgan fingerprint density at radius 1 is 1.38 bits per heavy atom. The molecule has 1 aromatic heterocycles. The lowest BCUT2D eigenvalue weighted by Gasteiger charge is -2.33. The van der Waals surface area contributed by atoms with Crippen molar-refractivity contribution in [3.05, 3.63) is 41.0 Å². The van der Waals surface area contributed by atoms with Gasteiger partial charge in [-0.25, -0.2) is 13.2 Å². The molecule has 2 aromatic rings. The van der Waals surface area contributed by atoms with E-state index in [1.807, 2.05) is 0 Å². The van der Waals surface area contributed by atoms with Crippen LogP contribution in [-0.4, -0.2) is 53.4 Å². The van der Waals surface area contributed by atoms with Gasteiger partial charge in [0, 0.05) is 18.3 Å². The average Bonchev–Trinajstić information content (AvgIpc) is 3.03. The fourth-order valence-electron chi connectivity index (χ4n) is 2.74. The van der Waals surface area contributed by atoms with Gasteiger partial charge in [-0.2, -0.15) is 0 Å². The molecule has 9 nitrogen and oxygen atoms in total. The van der Waals surface area contributed by atoms with E-state index < -0.39 is 35.9 Å². The third-order valence-corrected chi connectivity index (χ3v) is 4.29. The largest absolute Gasteiger partial charge is 0.385 e. The zero-order valence-electron chi connectivity index (χ0n) is 16.1. The van der Waals surface area contributed by atoms with Crippen molar-refractivity contribution in [1.29, 1.82) is 0 Å². The Kier molecular flexibility index (Phi) is 6.93. The standard InChI is InChI=1S/C16H17F3N6O2.CH5N/c1-8-13(23-24-25(8)2)14(26)21-9-3-4-11(17)10(5-9)16(15(18)19)7-27-6-12(20)22-16;1-2/h3-5,15H,6-7H2,1-2H3,(H2,20,22)(H,21,26);2H2,1H3/t16-;/m0./s1. The highest BCUT2D eigenvalue weighted by Gasteiger charge is 2.46. The summed E-state index contributed by atoms with van der Waals surface area (Å²) in [4.78, 5) is 16.1. The van der Waals surface area contributed by atoms with Crippen LogP contribution in [0.15, 0.2) is 23.2 Å². The number of halogens is 3. The van der Waals surface area contributed by atoms with E-state index in [0.717, 1.165) is 12.1 Å². The van der Waals surface area contributed by atoms with Crippen LogP contribution in [0.3, 0.4) is 0 Å². The highest BCUT2D eigenvalue weighted by molar-refractivity contribution is 6.03. The van der Waals surface area contributed by atoms with Crippen LogP contribution in [0, 0.1) is 12.7 Å². The number of ether oxygens (including phenoxy) is 1. The summed E-state index contributed by atoms with van der Waals surface area (Å²) in [7, 11) is 3.12. The third kappa shape index (κ3) is 4.38. The number of aromatic nitrogens is 3. The number of aliphatic imine (C=N–C) groups is 1. The number of carbonyl (C=O) groups excluding carboxylic acids is 1. The van der Waals surface area contributed by atoms with Crippen molar-refractivity contribution >= 4 is 17.4 Å². The first kappa shape index (κ1) is 22.3. The van der Waals surface area contributed by atoms with E-state index in [1.165, 1.54) is 17.8 Å². The smallest absolute Gasteiger partial charge is 0.278 e. The SMILES string of the molecule is CN.Cc1c(C(=O)Nc2ccc(F)c([C@]3(C(F)F)COCC(N)=N3)c2)nnn1C. The Balaban J connectivity index is 0.00000145.